The predicted molar refractivity (Wildman–Crippen MR) is 59.1 cm³/mol. The Morgan fingerprint density at radius 1 is 1.53 bits per heavy atom. The fourth-order valence-electron chi connectivity index (χ4n) is 1.24. The maximum atomic E-state index is 5.41. The van der Waals surface area contributed by atoms with Gasteiger partial charge in [0.25, 0.3) is 0 Å². The van der Waals surface area contributed by atoms with Crippen LogP contribution in [-0.4, -0.2) is 21.5 Å². The van der Waals surface area contributed by atoms with Crippen LogP contribution in [0.2, 0.25) is 0 Å². The summed E-state index contributed by atoms with van der Waals surface area (Å²) in [7, 11) is 0. The third-order valence-corrected chi connectivity index (χ3v) is 2.60. The van der Waals surface area contributed by atoms with Crippen LogP contribution in [0.3, 0.4) is 0 Å². The van der Waals surface area contributed by atoms with Crippen molar-refractivity contribution in [3.05, 3.63) is 23.0 Å². The lowest BCUT2D eigenvalue weighted by atomic mass is 10.3. The molecule has 5 nitrogen and oxygen atoms in total. The molecule has 0 aliphatic carbocycles. The molecule has 0 aromatic carbocycles. The zero-order valence-corrected chi connectivity index (χ0v) is 9.64. The highest BCUT2D eigenvalue weighted by Crippen LogP contribution is 2.27. The number of nitrogens with zero attached hydrogens (tertiary/aromatic N) is 3. The van der Waals surface area contributed by atoms with Gasteiger partial charge in [-0.3, -0.25) is 4.68 Å². The molecule has 0 aliphatic heterocycles. The van der Waals surface area contributed by atoms with E-state index in [4.69, 9.17) is 10.2 Å². The van der Waals surface area contributed by atoms with Crippen LogP contribution in [0.5, 0.6) is 0 Å². The number of aromatic nitrogens is 3. The summed E-state index contributed by atoms with van der Waals surface area (Å²) in [4.78, 5) is 0. The van der Waals surface area contributed by atoms with Crippen molar-refractivity contribution in [2.24, 2.45) is 5.73 Å². The second kappa shape index (κ2) is 4.59. The molecule has 6 heteroatoms. The Kier molecular flexibility index (Phi) is 3.17. The van der Waals surface area contributed by atoms with Crippen LogP contribution < -0.4 is 5.73 Å². The van der Waals surface area contributed by atoms with Crippen molar-refractivity contribution in [3.63, 3.8) is 0 Å². The number of hydrogen-bond donors (Lipinski definition) is 1. The summed E-state index contributed by atoms with van der Waals surface area (Å²) in [6.07, 6.45) is 4.35. The summed E-state index contributed by atoms with van der Waals surface area (Å²) in [5, 5.41) is 8.00. The number of rotatable bonds is 4. The average molecular weight is 271 g/mol. The summed E-state index contributed by atoms with van der Waals surface area (Å²) >= 11 is 3.37. The van der Waals surface area contributed by atoms with Gasteiger partial charge in [0, 0.05) is 6.54 Å². The van der Waals surface area contributed by atoms with Crippen molar-refractivity contribution >= 4 is 15.9 Å². The van der Waals surface area contributed by atoms with Gasteiger partial charge < -0.3 is 10.2 Å². The molecule has 0 spiro atoms. The van der Waals surface area contributed by atoms with Crippen LogP contribution in [0.15, 0.2) is 27.4 Å². The van der Waals surface area contributed by atoms with Crippen molar-refractivity contribution in [2.75, 3.05) is 6.54 Å². The van der Waals surface area contributed by atoms with Crippen molar-refractivity contribution in [3.8, 4) is 11.5 Å². The monoisotopic (exact) mass is 270 g/mol. The fraction of sp³-hybridized carbons (Fsp3) is 0.333. The first-order valence-electron chi connectivity index (χ1n) is 4.65. The van der Waals surface area contributed by atoms with E-state index in [-0.39, 0.29) is 0 Å². The smallest absolute Gasteiger partial charge is 0.169 e. The number of nitrogens with two attached hydrogens (primary N) is 1. The van der Waals surface area contributed by atoms with Gasteiger partial charge in [0.2, 0.25) is 0 Å². The molecule has 2 aromatic heterocycles. The number of furan rings is 1. The fourth-order valence-corrected chi connectivity index (χ4v) is 1.65. The summed E-state index contributed by atoms with van der Waals surface area (Å²) in [5.74, 6) is 0.703. The number of hydrogen-bond acceptors (Lipinski definition) is 4. The lowest BCUT2D eigenvalue weighted by molar-refractivity contribution is 0.564. The van der Waals surface area contributed by atoms with Gasteiger partial charge in [0.1, 0.15) is 5.69 Å². The minimum atomic E-state index is 0.652. The van der Waals surface area contributed by atoms with Crippen LogP contribution in [0.1, 0.15) is 6.42 Å². The molecule has 0 unspecified atom stereocenters. The highest BCUT2D eigenvalue weighted by Gasteiger charge is 2.10. The molecule has 0 aliphatic rings. The molecule has 2 heterocycles. The molecule has 0 bridgehead atoms. The second-order valence-electron chi connectivity index (χ2n) is 3.11. The molecule has 2 N–H and O–H groups in total. The van der Waals surface area contributed by atoms with E-state index in [1.54, 1.807) is 10.9 Å². The van der Waals surface area contributed by atoms with Crippen LogP contribution in [0.4, 0.5) is 0 Å². The first kappa shape index (κ1) is 10.4. The van der Waals surface area contributed by atoms with Gasteiger partial charge in [-0.1, -0.05) is 5.21 Å². The highest BCUT2D eigenvalue weighted by molar-refractivity contribution is 9.10. The molecule has 0 fully saturated rings. The summed E-state index contributed by atoms with van der Waals surface area (Å²) < 4.78 is 7.92. The number of aryl methyl sites for hydroxylation is 1. The topological polar surface area (TPSA) is 69.9 Å². The molecule has 0 saturated heterocycles. The van der Waals surface area contributed by atoms with Crippen LogP contribution in [0.25, 0.3) is 11.5 Å². The Labute approximate surface area is 95.4 Å². The Bertz CT molecular complexity index is 437. The summed E-state index contributed by atoms with van der Waals surface area (Å²) in [6.45, 7) is 1.43. The third-order valence-electron chi connectivity index (χ3n) is 1.98. The molecule has 0 amide bonds. The van der Waals surface area contributed by atoms with Gasteiger partial charge >= 0.3 is 0 Å². The maximum Gasteiger partial charge on any atom is 0.169 e. The Balaban J connectivity index is 2.17. The van der Waals surface area contributed by atoms with Gasteiger partial charge in [-0.15, -0.1) is 5.10 Å². The largest absolute Gasteiger partial charge is 0.461 e. The second-order valence-corrected chi connectivity index (χ2v) is 3.96. The quantitative estimate of drug-likeness (QED) is 0.917. The van der Waals surface area contributed by atoms with Gasteiger partial charge in [0.15, 0.2) is 5.76 Å². The zero-order valence-electron chi connectivity index (χ0n) is 8.06. The zero-order chi connectivity index (χ0) is 10.7. The van der Waals surface area contributed by atoms with Crippen LogP contribution in [-0.2, 0) is 6.54 Å². The van der Waals surface area contributed by atoms with E-state index in [1.165, 1.54) is 0 Å². The number of halogens is 1. The van der Waals surface area contributed by atoms with E-state index in [2.05, 4.69) is 26.2 Å². The Morgan fingerprint density at radius 2 is 2.40 bits per heavy atom. The molecule has 0 saturated carbocycles. The highest BCUT2D eigenvalue weighted by atomic mass is 79.9. The van der Waals surface area contributed by atoms with E-state index in [9.17, 15) is 0 Å². The molecule has 15 heavy (non-hydrogen) atoms. The first-order chi connectivity index (χ1) is 7.31. The van der Waals surface area contributed by atoms with Crippen LogP contribution >= 0.6 is 15.9 Å². The van der Waals surface area contributed by atoms with E-state index < -0.39 is 0 Å². The first-order valence-corrected chi connectivity index (χ1v) is 5.44. The lowest BCUT2D eigenvalue weighted by Gasteiger charge is -1.95. The molecule has 2 rings (SSSR count). The Morgan fingerprint density at radius 3 is 3.07 bits per heavy atom. The van der Waals surface area contributed by atoms with Crippen molar-refractivity contribution < 1.29 is 4.42 Å². The predicted octanol–water partition coefficient (Wildman–Crippen LogP) is 1.65. The van der Waals surface area contributed by atoms with Crippen LogP contribution in [0, 0.1) is 0 Å². The van der Waals surface area contributed by atoms with Crippen molar-refractivity contribution in [1.82, 2.24) is 15.0 Å². The SMILES string of the molecule is NCCCn1cc(-c2occc2Br)nn1. The Hall–Kier alpha value is -1.14. The van der Waals surface area contributed by atoms with E-state index in [1.807, 2.05) is 12.3 Å². The third kappa shape index (κ3) is 2.27. The summed E-state index contributed by atoms with van der Waals surface area (Å²) in [5.41, 5.74) is 6.14. The standard InChI is InChI=1S/C9H11BrN4O/c10-7-2-5-15-9(7)8-6-14(13-12-8)4-1-3-11/h2,5-6H,1,3-4,11H2. The van der Waals surface area contributed by atoms with Crippen molar-refractivity contribution in [2.45, 2.75) is 13.0 Å². The minimum Gasteiger partial charge on any atom is -0.461 e. The van der Waals surface area contributed by atoms with E-state index in [0.29, 0.717) is 12.3 Å². The molecular weight excluding hydrogens is 260 g/mol. The van der Waals surface area contributed by atoms with Gasteiger partial charge in [0.05, 0.1) is 16.9 Å². The van der Waals surface area contributed by atoms with Crippen molar-refractivity contribution in [1.29, 1.82) is 0 Å². The maximum absolute atomic E-state index is 5.41. The lowest BCUT2D eigenvalue weighted by Crippen LogP contribution is -2.06. The summed E-state index contributed by atoms with van der Waals surface area (Å²) in [6, 6.07) is 1.83. The minimum absolute atomic E-state index is 0.652. The molecular formula is C9H11BrN4O. The van der Waals surface area contributed by atoms with E-state index >= 15 is 0 Å². The molecule has 0 radical (unpaired) electrons. The van der Waals surface area contributed by atoms with Gasteiger partial charge in [-0.05, 0) is 35.0 Å². The molecule has 0 atom stereocenters. The molecule has 2 aromatic rings. The normalized spacial score (nSPS) is 10.8. The van der Waals surface area contributed by atoms with Gasteiger partial charge in [-0.25, -0.2) is 0 Å². The average Bonchev–Trinajstić information content (AvgIpc) is 2.83. The van der Waals surface area contributed by atoms with Gasteiger partial charge in [-0.2, -0.15) is 0 Å². The van der Waals surface area contributed by atoms with E-state index in [0.717, 1.165) is 23.1 Å². The molecule has 80 valence electrons.